The Bertz CT molecular complexity index is 507. The molecule has 0 saturated carbocycles. The summed E-state index contributed by atoms with van der Waals surface area (Å²) in [4.78, 5) is 1.70. The minimum atomic E-state index is 0.0954. The second kappa shape index (κ2) is 8.87. The highest BCUT2D eigenvalue weighted by atomic mass is 16.5. The minimum absolute atomic E-state index is 0.0954. The van der Waals surface area contributed by atoms with E-state index < -0.39 is 0 Å². The van der Waals surface area contributed by atoms with Gasteiger partial charge in [0.05, 0.1) is 26.3 Å². The van der Waals surface area contributed by atoms with Crippen molar-refractivity contribution in [3.8, 4) is 5.75 Å². The fourth-order valence-electron chi connectivity index (χ4n) is 3.52. The van der Waals surface area contributed by atoms with Crippen molar-refractivity contribution in [1.29, 1.82) is 0 Å². The van der Waals surface area contributed by atoms with Crippen LogP contribution in [0.5, 0.6) is 5.75 Å². The number of ether oxygens (including phenoxy) is 2. The summed E-state index contributed by atoms with van der Waals surface area (Å²) >= 11 is 0. The molecule has 0 bridgehead atoms. The van der Waals surface area contributed by atoms with E-state index in [1.54, 1.807) is 4.90 Å². The summed E-state index contributed by atoms with van der Waals surface area (Å²) in [6, 6.07) is 6.48. The quantitative estimate of drug-likeness (QED) is 0.775. The second-order valence-corrected chi connectivity index (χ2v) is 8.41. The Hall–Kier alpha value is -1.06. The van der Waals surface area contributed by atoms with E-state index in [2.05, 4.69) is 52.8 Å². The molecule has 3 nitrogen and oxygen atoms in total. The van der Waals surface area contributed by atoms with Gasteiger partial charge in [-0.25, -0.2) is 0 Å². The van der Waals surface area contributed by atoms with Crippen molar-refractivity contribution in [3.05, 3.63) is 29.3 Å². The fourth-order valence-corrected chi connectivity index (χ4v) is 3.52. The molecule has 1 aromatic rings. The summed E-state index contributed by atoms with van der Waals surface area (Å²) in [7, 11) is 0. The number of benzene rings is 1. The number of likely N-dealkylation sites (tertiary alicyclic amines) is 1. The normalized spacial score (nSPS) is 21.7. The van der Waals surface area contributed by atoms with E-state index in [9.17, 15) is 0 Å². The molecule has 1 N–H and O–H groups in total. The third-order valence-corrected chi connectivity index (χ3v) is 4.89. The summed E-state index contributed by atoms with van der Waals surface area (Å²) in [6.07, 6.45) is 2.76. The van der Waals surface area contributed by atoms with Crippen LogP contribution in [-0.4, -0.2) is 39.5 Å². The first-order valence-electron chi connectivity index (χ1n) is 9.51. The summed E-state index contributed by atoms with van der Waals surface area (Å²) in [5.41, 5.74) is 2.60. The van der Waals surface area contributed by atoms with E-state index in [1.165, 1.54) is 37.1 Å². The first-order valence-corrected chi connectivity index (χ1v) is 9.51. The molecule has 1 heterocycles. The predicted molar refractivity (Wildman–Crippen MR) is 100 cm³/mol. The lowest BCUT2D eigenvalue weighted by Gasteiger charge is -2.27. The van der Waals surface area contributed by atoms with Crippen LogP contribution in [0.3, 0.4) is 0 Å². The molecule has 1 fully saturated rings. The zero-order chi connectivity index (χ0) is 17.6. The third-order valence-electron chi connectivity index (χ3n) is 4.89. The van der Waals surface area contributed by atoms with Crippen LogP contribution < -0.4 is 9.64 Å². The van der Waals surface area contributed by atoms with Crippen LogP contribution >= 0.6 is 0 Å². The number of hydrogen-bond donors (Lipinski definition) is 1. The van der Waals surface area contributed by atoms with Gasteiger partial charge in [-0.3, -0.25) is 0 Å². The Morgan fingerprint density at radius 2 is 1.96 bits per heavy atom. The molecule has 0 aliphatic carbocycles. The maximum atomic E-state index is 6.02. The summed E-state index contributed by atoms with van der Waals surface area (Å²) in [5.74, 6) is 1.87. The number of quaternary nitrogens is 1. The zero-order valence-electron chi connectivity index (χ0n) is 16.3. The van der Waals surface area contributed by atoms with Gasteiger partial charge in [-0.15, -0.1) is 0 Å². The molecule has 0 amide bonds. The molecule has 0 radical (unpaired) electrons. The molecule has 1 unspecified atom stereocenters. The number of nitrogens with one attached hydrogen (secondary N) is 1. The molecule has 1 aromatic carbocycles. The lowest BCUT2D eigenvalue weighted by Crippen LogP contribution is -3.14. The van der Waals surface area contributed by atoms with Gasteiger partial charge in [0.15, 0.2) is 0 Å². The molecule has 1 saturated heterocycles. The van der Waals surface area contributed by atoms with Gasteiger partial charge >= 0.3 is 0 Å². The number of rotatable bonds is 7. The average molecular weight is 335 g/mol. The largest absolute Gasteiger partial charge is 0.491 e. The van der Waals surface area contributed by atoms with E-state index in [1.807, 2.05) is 0 Å². The lowest BCUT2D eigenvalue weighted by atomic mass is 9.86. The maximum Gasteiger partial charge on any atom is 0.123 e. The van der Waals surface area contributed by atoms with Crippen molar-refractivity contribution in [2.45, 2.75) is 52.9 Å². The predicted octanol–water partition coefficient (Wildman–Crippen LogP) is 3.00. The van der Waals surface area contributed by atoms with Crippen molar-refractivity contribution in [2.75, 3.05) is 39.5 Å². The summed E-state index contributed by atoms with van der Waals surface area (Å²) < 4.78 is 11.8. The van der Waals surface area contributed by atoms with Gasteiger partial charge in [0.2, 0.25) is 0 Å². The van der Waals surface area contributed by atoms with Crippen molar-refractivity contribution >= 4 is 0 Å². The van der Waals surface area contributed by atoms with Crippen LogP contribution in [-0.2, 0) is 10.2 Å². The first-order chi connectivity index (χ1) is 11.4. The van der Waals surface area contributed by atoms with Crippen LogP contribution in [0.1, 0.15) is 51.7 Å². The van der Waals surface area contributed by atoms with Gasteiger partial charge in [0.1, 0.15) is 18.9 Å². The first kappa shape index (κ1) is 19.3. The average Bonchev–Trinajstić information content (AvgIpc) is 2.49. The second-order valence-electron chi connectivity index (χ2n) is 8.41. The SMILES string of the molecule is Cc1ccc(C(C)(C)C)c(OCCOCC[NH+]2CCC[C@H](C)C2)c1. The van der Waals surface area contributed by atoms with E-state index in [-0.39, 0.29) is 5.41 Å². The number of piperidine rings is 1. The third kappa shape index (κ3) is 6.10. The maximum absolute atomic E-state index is 6.02. The fraction of sp³-hybridized carbons (Fsp3) is 0.714. The molecule has 2 rings (SSSR count). The van der Waals surface area contributed by atoms with Gasteiger partial charge in [-0.05, 0) is 42.4 Å². The Morgan fingerprint density at radius 3 is 2.67 bits per heavy atom. The summed E-state index contributed by atoms with van der Waals surface area (Å²) in [6.45, 7) is 17.0. The topological polar surface area (TPSA) is 22.9 Å². The van der Waals surface area contributed by atoms with Gasteiger partial charge in [-0.1, -0.05) is 39.8 Å². The van der Waals surface area contributed by atoms with Gasteiger partial charge < -0.3 is 14.4 Å². The Labute approximate surface area is 148 Å². The Morgan fingerprint density at radius 1 is 1.17 bits per heavy atom. The Kier molecular flexibility index (Phi) is 7.12. The van der Waals surface area contributed by atoms with Gasteiger partial charge in [0, 0.05) is 5.92 Å². The zero-order valence-corrected chi connectivity index (χ0v) is 16.3. The van der Waals surface area contributed by atoms with Crippen molar-refractivity contribution in [1.82, 2.24) is 0 Å². The van der Waals surface area contributed by atoms with E-state index >= 15 is 0 Å². The smallest absolute Gasteiger partial charge is 0.123 e. The molecule has 0 aromatic heterocycles. The molecule has 2 atom stereocenters. The van der Waals surface area contributed by atoms with E-state index in [0.29, 0.717) is 13.2 Å². The van der Waals surface area contributed by atoms with Crippen molar-refractivity contribution in [3.63, 3.8) is 0 Å². The van der Waals surface area contributed by atoms with Crippen LogP contribution in [0.4, 0.5) is 0 Å². The molecule has 136 valence electrons. The highest BCUT2D eigenvalue weighted by Crippen LogP contribution is 2.31. The summed E-state index contributed by atoms with van der Waals surface area (Å²) in [5, 5.41) is 0. The molecule has 3 heteroatoms. The van der Waals surface area contributed by atoms with Crippen LogP contribution in [0.15, 0.2) is 18.2 Å². The van der Waals surface area contributed by atoms with Gasteiger partial charge in [-0.2, -0.15) is 0 Å². The van der Waals surface area contributed by atoms with E-state index in [4.69, 9.17) is 9.47 Å². The van der Waals surface area contributed by atoms with E-state index in [0.717, 1.165) is 24.8 Å². The number of aryl methyl sites for hydroxylation is 1. The molecular weight excluding hydrogens is 298 g/mol. The molecule has 0 spiro atoms. The number of hydrogen-bond acceptors (Lipinski definition) is 2. The molecule has 1 aliphatic rings. The van der Waals surface area contributed by atoms with Crippen LogP contribution in [0.2, 0.25) is 0 Å². The minimum Gasteiger partial charge on any atom is -0.491 e. The van der Waals surface area contributed by atoms with Crippen molar-refractivity contribution in [2.24, 2.45) is 5.92 Å². The molecular formula is C21H36NO2+. The lowest BCUT2D eigenvalue weighted by molar-refractivity contribution is -0.908. The van der Waals surface area contributed by atoms with Crippen LogP contribution in [0.25, 0.3) is 0 Å². The highest BCUT2D eigenvalue weighted by Gasteiger charge is 2.20. The Balaban J connectivity index is 1.70. The van der Waals surface area contributed by atoms with Crippen molar-refractivity contribution < 1.29 is 14.4 Å². The van der Waals surface area contributed by atoms with Gasteiger partial charge in [0.25, 0.3) is 0 Å². The standard InChI is InChI=1S/C21H35NO2/c1-17-8-9-19(21(3,4)5)20(15-17)24-14-13-23-12-11-22-10-6-7-18(2)16-22/h8-9,15,18H,6-7,10-14,16H2,1-5H3/p+1/t18-/m0/s1. The van der Waals surface area contributed by atoms with Crippen LogP contribution in [0, 0.1) is 12.8 Å². The monoisotopic (exact) mass is 334 g/mol. The molecule has 24 heavy (non-hydrogen) atoms. The highest BCUT2D eigenvalue weighted by molar-refractivity contribution is 5.41. The molecule has 1 aliphatic heterocycles.